The van der Waals surface area contributed by atoms with Gasteiger partial charge in [-0.15, -0.1) is 0 Å². The first-order chi connectivity index (χ1) is 8.22. The highest BCUT2D eigenvalue weighted by molar-refractivity contribution is 6.33. The maximum Gasteiger partial charge on any atom is 0.251 e. The molecule has 0 heterocycles. The predicted octanol–water partition coefficient (Wildman–Crippen LogP) is 3.37. The molecule has 0 bridgehead atoms. The summed E-state index contributed by atoms with van der Waals surface area (Å²) in [6.45, 7) is 0. The number of halogens is 1. The summed E-state index contributed by atoms with van der Waals surface area (Å²) >= 11 is 6.11. The Bertz CT molecular complexity index is 534. The van der Waals surface area contributed by atoms with Crippen LogP contribution < -0.4 is 5.32 Å². The largest absolute Gasteiger partial charge is 0.355 e. The van der Waals surface area contributed by atoms with Crippen molar-refractivity contribution >= 4 is 17.5 Å². The van der Waals surface area contributed by atoms with Crippen LogP contribution in [0.1, 0.15) is 10.4 Å². The van der Waals surface area contributed by atoms with E-state index in [4.69, 9.17) is 11.6 Å². The number of nitrogens with one attached hydrogen (secondary N) is 1. The number of carbonyl (C=O) groups is 1. The molecule has 2 aromatic rings. The molecule has 0 saturated carbocycles. The summed E-state index contributed by atoms with van der Waals surface area (Å²) < 4.78 is 0. The molecule has 0 unspecified atom stereocenters. The summed E-state index contributed by atoms with van der Waals surface area (Å²) in [4.78, 5) is 11.4. The van der Waals surface area contributed by atoms with E-state index in [2.05, 4.69) is 5.32 Å². The van der Waals surface area contributed by atoms with Gasteiger partial charge in [0.05, 0.1) is 0 Å². The Morgan fingerprint density at radius 2 is 1.71 bits per heavy atom. The van der Waals surface area contributed by atoms with E-state index in [1.54, 1.807) is 19.2 Å². The molecule has 0 aliphatic carbocycles. The van der Waals surface area contributed by atoms with Crippen molar-refractivity contribution < 1.29 is 4.79 Å². The van der Waals surface area contributed by atoms with Gasteiger partial charge < -0.3 is 5.32 Å². The van der Waals surface area contributed by atoms with E-state index in [1.165, 1.54) is 0 Å². The van der Waals surface area contributed by atoms with Crippen LogP contribution in [0.5, 0.6) is 0 Å². The average Bonchev–Trinajstić information content (AvgIpc) is 2.39. The van der Waals surface area contributed by atoms with Gasteiger partial charge in [0.15, 0.2) is 0 Å². The van der Waals surface area contributed by atoms with Gasteiger partial charge in [0, 0.05) is 23.2 Å². The average molecular weight is 246 g/mol. The molecule has 1 N–H and O–H groups in total. The molecule has 0 spiro atoms. The lowest BCUT2D eigenvalue weighted by Crippen LogP contribution is -2.17. The van der Waals surface area contributed by atoms with Crippen molar-refractivity contribution in [2.75, 3.05) is 7.05 Å². The van der Waals surface area contributed by atoms with Crippen molar-refractivity contribution in [1.82, 2.24) is 5.32 Å². The normalized spacial score (nSPS) is 10.0. The standard InChI is InChI=1S/C14H12ClNO/c1-16-14(17)11-8-6-10(7-9-11)12-4-2-3-5-13(12)15/h2-9H,1H3,(H,16,17). The summed E-state index contributed by atoms with van der Waals surface area (Å²) in [6, 6.07) is 15.0. The highest BCUT2D eigenvalue weighted by Crippen LogP contribution is 2.27. The van der Waals surface area contributed by atoms with Gasteiger partial charge >= 0.3 is 0 Å². The molecular weight excluding hydrogens is 234 g/mol. The molecular formula is C14H12ClNO. The van der Waals surface area contributed by atoms with Gasteiger partial charge in [-0.05, 0) is 23.8 Å². The second kappa shape index (κ2) is 5.02. The molecule has 0 atom stereocenters. The van der Waals surface area contributed by atoms with E-state index in [9.17, 15) is 4.79 Å². The summed E-state index contributed by atoms with van der Waals surface area (Å²) in [6.07, 6.45) is 0. The number of rotatable bonds is 2. The SMILES string of the molecule is CNC(=O)c1ccc(-c2ccccc2Cl)cc1. The van der Waals surface area contributed by atoms with Gasteiger partial charge in [0.1, 0.15) is 0 Å². The Balaban J connectivity index is 2.36. The number of benzene rings is 2. The fourth-order valence-corrected chi connectivity index (χ4v) is 1.89. The van der Waals surface area contributed by atoms with Gasteiger partial charge in [-0.25, -0.2) is 0 Å². The van der Waals surface area contributed by atoms with E-state index in [1.807, 2.05) is 36.4 Å². The first-order valence-corrected chi connectivity index (χ1v) is 5.67. The molecule has 0 fully saturated rings. The lowest BCUT2D eigenvalue weighted by molar-refractivity contribution is 0.0963. The van der Waals surface area contributed by atoms with Crippen molar-refractivity contribution in [2.45, 2.75) is 0 Å². The maximum absolute atomic E-state index is 11.4. The summed E-state index contributed by atoms with van der Waals surface area (Å²) in [5, 5.41) is 3.30. The molecule has 0 aromatic heterocycles. The third-order valence-electron chi connectivity index (χ3n) is 2.56. The van der Waals surface area contributed by atoms with Crippen molar-refractivity contribution in [3.05, 3.63) is 59.1 Å². The molecule has 86 valence electrons. The molecule has 0 saturated heterocycles. The molecule has 17 heavy (non-hydrogen) atoms. The zero-order chi connectivity index (χ0) is 12.3. The Labute approximate surface area is 105 Å². The van der Waals surface area contributed by atoms with E-state index in [-0.39, 0.29) is 5.91 Å². The molecule has 0 aliphatic heterocycles. The number of hydrogen-bond donors (Lipinski definition) is 1. The van der Waals surface area contributed by atoms with Crippen LogP contribution in [0.3, 0.4) is 0 Å². The van der Waals surface area contributed by atoms with Gasteiger partial charge in [0.2, 0.25) is 0 Å². The highest BCUT2D eigenvalue weighted by atomic mass is 35.5. The Morgan fingerprint density at radius 1 is 1.06 bits per heavy atom. The van der Waals surface area contributed by atoms with E-state index < -0.39 is 0 Å². The quantitative estimate of drug-likeness (QED) is 0.864. The zero-order valence-corrected chi connectivity index (χ0v) is 10.2. The Kier molecular flexibility index (Phi) is 3.45. The highest BCUT2D eigenvalue weighted by Gasteiger charge is 2.05. The van der Waals surface area contributed by atoms with Crippen LogP contribution in [0.25, 0.3) is 11.1 Å². The minimum Gasteiger partial charge on any atom is -0.355 e. The molecule has 1 amide bonds. The minimum atomic E-state index is -0.0873. The Hall–Kier alpha value is -1.80. The van der Waals surface area contributed by atoms with Crippen LogP contribution in [0.4, 0.5) is 0 Å². The van der Waals surface area contributed by atoms with Crippen LogP contribution in [0.2, 0.25) is 5.02 Å². The minimum absolute atomic E-state index is 0.0873. The lowest BCUT2D eigenvalue weighted by Gasteiger charge is -2.05. The molecule has 2 aromatic carbocycles. The van der Waals surface area contributed by atoms with Crippen LogP contribution >= 0.6 is 11.6 Å². The predicted molar refractivity (Wildman–Crippen MR) is 70.3 cm³/mol. The van der Waals surface area contributed by atoms with Gasteiger partial charge in [-0.3, -0.25) is 4.79 Å². The first-order valence-electron chi connectivity index (χ1n) is 5.29. The zero-order valence-electron chi connectivity index (χ0n) is 9.41. The Morgan fingerprint density at radius 3 is 2.29 bits per heavy atom. The summed E-state index contributed by atoms with van der Waals surface area (Å²) in [5.74, 6) is -0.0873. The first kappa shape index (κ1) is 11.7. The molecule has 0 aliphatic rings. The third-order valence-corrected chi connectivity index (χ3v) is 2.89. The second-order valence-electron chi connectivity index (χ2n) is 3.64. The van der Waals surface area contributed by atoms with E-state index in [0.717, 1.165) is 11.1 Å². The molecule has 2 rings (SSSR count). The van der Waals surface area contributed by atoms with E-state index in [0.29, 0.717) is 10.6 Å². The van der Waals surface area contributed by atoms with Gasteiger partial charge in [0.25, 0.3) is 5.91 Å². The van der Waals surface area contributed by atoms with E-state index >= 15 is 0 Å². The fourth-order valence-electron chi connectivity index (χ4n) is 1.64. The fraction of sp³-hybridized carbons (Fsp3) is 0.0714. The monoisotopic (exact) mass is 245 g/mol. The lowest BCUT2D eigenvalue weighted by atomic mass is 10.0. The van der Waals surface area contributed by atoms with Crippen LogP contribution in [0.15, 0.2) is 48.5 Å². The topological polar surface area (TPSA) is 29.1 Å². The number of carbonyl (C=O) groups excluding carboxylic acids is 1. The van der Waals surface area contributed by atoms with Crippen molar-refractivity contribution in [2.24, 2.45) is 0 Å². The smallest absolute Gasteiger partial charge is 0.251 e. The summed E-state index contributed by atoms with van der Waals surface area (Å²) in [5.41, 5.74) is 2.61. The molecule has 3 heteroatoms. The van der Waals surface area contributed by atoms with Gasteiger partial charge in [-0.2, -0.15) is 0 Å². The molecule has 0 radical (unpaired) electrons. The van der Waals surface area contributed by atoms with Crippen LogP contribution in [0, 0.1) is 0 Å². The second-order valence-corrected chi connectivity index (χ2v) is 4.04. The van der Waals surface area contributed by atoms with Crippen molar-refractivity contribution in [1.29, 1.82) is 0 Å². The van der Waals surface area contributed by atoms with Crippen LogP contribution in [-0.4, -0.2) is 13.0 Å². The third kappa shape index (κ3) is 2.48. The molecule has 2 nitrogen and oxygen atoms in total. The number of amides is 1. The van der Waals surface area contributed by atoms with Gasteiger partial charge in [-0.1, -0.05) is 41.9 Å². The van der Waals surface area contributed by atoms with Crippen molar-refractivity contribution in [3.8, 4) is 11.1 Å². The van der Waals surface area contributed by atoms with Crippen molar-refractivity contribution in [3.63, 3.8) is 0 Å². The maximum atomic E-state index is 11.4. The summed E-state index contributed by atoms with van der Waals surface area (Å²) in [7, 11) is 1.62. The number of hydrogen-bond acceptors (Lipinski definition) is 1. The van der Waals surface area contributed by atoms with Crippen LogP contribution in [-0.2, 0) is 0 Å².